The highest BCUT2D eigenvalue weighted by Crippen LogP contribution is 2.22. The van der Waals surface area contributed by atoms with Crippen molar-refractivity contribution in [1.82, 2.24) is 20.0 Å². The largest absolute Gasteiger partial charge is 0.480 e. The molecule has 0 aromatic rings. The summed E-state index contributed by atoms with van der Waals surface area (Å²) in [4.78, 5) is 69.7. The summed E-state index contributed by atoms with van der Waals surface area (Å²) >= 11 is 0. The molecule has 2 N–H and O–H groups in total. The molecule has 0 saturated carbocycles. The van der Waals surface area contributed by atoms with E-state index >= 15 is 0 Å². The van der Waals surface area contributed by atoms with Gasteiger partial charge in [0, 0.05) is 27.1 Å². The van der Waals surface area contributed by atoms with Crippen LogP contribution in [0.1, 0.15) is 88.0 Å². The molecule has 0 aromatic carbocycles. The van der Waals surface area contributed by atoms with Gasteiger partial charge in [-0.2, -0.15) is 0 Å². The lowest BCUT2D eigenvalue weighted by molar-refractivity contribution is -0.154. The van der Waals surface area contributed by atoms with Gasteiger partial charge < -0.3 is 25.1 Å². The molecule has 4 atom stereocenters. The first-order valence-corrected chi connectivity index (χ1v) is 14.2. The number of rotatable bonds is 16. The summed E-state index contributed by atoms with van der Waals surface area (Å²) in [5.41, 5.74) is 0. The second-order valence-corrected chi connectivity index (χ2v) is 12.2. The number of carboxylic acid groups (broad SMARTS) is 1. The second-order valence-electron chi connectivity index (χ2n) is 12.2. The number of carbonyl (C=O) groups is 5. The molecule has 4 unspecified atom stereocenters. The number of aliphatic carboxylic acids is 1. The first-order chi connectivity index (χ1) is 17.9. The van der Waals surface area contributed by atoms with Crippen molar-refractivity contribution in [3.05, 3.63) is 0 Å². The van der Waals surface area contributed by atoms with E-state index in [0.29, 0.717) is 19.3 Å². The molecule has 0 aromatic heterocycles. The van der Waals surface area contributed by atoms with E-state index in [0.717, 1.165) is 0 Å². The fourth-order valence-electron chi connectivity index (χ4n) is 4.77. The summed E-state index contributed by atoms with van der Waals surface area (Å²) in [6.45, 7) is 16.9. The highest BCUT2D eigenvalue weighted by atomic mass is 16.4. The zero-order chi connectivity index (χ0) is 30.8. The number of amides is 4. The van der Waals surface area contributed by atoms with Crippen molar-refractivity contribution in [3.8, 4) is 0 Å². The van der Waals surface area contributed by atoms with E-state index in [-0.39, 0.29) is 41.9 Å². The maximum absolute atomic E-state index is 13.9. The Hall–Kier alpha value is -2.65. The minimum absolute atomic E-state index is 0.0495. The number of hydrogen-bond donors (Lipinski definition) is 2. The highest BCUT2D eigenvalue weighted by Gasteiger charge is 2.40. The third kappa shape index (κ3) is 10.8. The first-order valence-electron chi connectivity index (χ1n) is 14.2. The number of hydrogen-bond acceptors (Lipinski definition) is 5. The summed E-state index contributed by atoms with van der Waals surface area (Å²) in [5, 5.41) is 12.1. The molecule has 226 valence electrons. The minimum atomic E-state index is -1.12. The van der Waals surface area contributed by atoms with Crippen molar-refractivity contribution >= 4 is 29.6 Å². The molecule has 0 fully saturated rings. The average molecular weight is 555 g/mol. The van der Waals surface area contributed by atoms with Crippen LogP contribution in [0.25, 0.3) is 0 Å². The quantitative estimate of drug-likeness (QED) is 0.302. The minimum Gasteiger partial charge on any atom is -0.480 e. The highest BCUT2D eigenvalue weighted by molar-refractivity contribution is 5.95. The third-order valence-corrected chi connectivity index (χ3v) is 6.94. The Morgan fingerprint density at radius 1 is 0.692 bits per heavy atom. The van der Waals surface area contributed by atoms with Gasteiger partial charge in [0.1, 0.15) is 24.2 Å². The number of nitrogens with one attached hydrogen (secondary N) is 1. The molecule has 10 nitrogen and oxygen atoms in total. The molecule has 0 radical (unpaired) electrons. The van der Waals surface area contributed by atoms with E-state index in [9.17, 15) is 29.1 Å². The number of nitrogens with zero attached hydrogens (tertiary/aromatic N) is 3. The number of likely N-dealkylation sites (N-methyl/N-ethyl adjacent to an activating group) is 3. The molecule has 0 rings (SSSR count). The van der Waals surface area contributed by atoms with Crippen LogP contribution in [0.15, 0.2) is 0 Å². The predicted octanol–water partition coefficient (Wildman–Crippen LogP) is 3.24. The van der Waals surface area contributed by atoms with Gasteiger partial charge in [0.15, 0.2) is 0 Å². The van der Waals surface area contributed by atoms with Crippen LogP contribution in [0.5, 0.6) is 0 Å². The Morgan fingerprint density at radius 3 is 1.54 bits per heavy atom. The molecule has 0 aliphatic rings. The lowest BCUT2D eigenvalue weighted by Crippen LogP contribution is -2.60. The Labute approximate surface area is 235 Å². The van der Waals surface area contributed by atoms with Crippen LogP contribution in [0, 0.1) is 23.7 Å². The van der Waals surface area contributed by atoms with Crippen molar-refractivity contribution in [2.24, 2.45) is 23.7 Å². The summed E-state index contributed by atoms with van der Waals surface area (Å²) in [6, 6.07) is -3.56. The summed E-state index contributed by atoms with van der Waals surface area (Å²) in [7, 11) is 4.72. The summed E-state index contributed by atoms with van der Waals surface area (Å²) in [5.74, 6) is -2.93. The van der Waals surface area contributed by atoms with Crippen molar-refractivity contribution in [1.29, 1.82) is 0 Å². The standard InChI is InChI=1S/C29H54N4O6/c1-13-14-21(29(38)39)30-25(34)22(15-17(2)3)31(10)28(37)24(19(6)7)33(12)27(36)23(16-18(4)5)32(11)26(35)20(8)9/h17-24H,13-16H2,1-12H3,(H,30,34)(H,38,39). The molecule has 10 heteroatoms. The maximum Gasteiger partial charge on any atom is 0.326 e. The zero-order valence-electron chi connectivity index (χ0n) is 26.3. The van der Waals surface area contributed by atoms with Crippen LogP contribution in [0.3, 0.4) is 0 Å². The van der Waals surface area contributed by atoms with Gasteiger partial charge in [-0.15, -0.1) is 0 Å². The summed E-state index contributed by atoms with van der Waals surface area (Å²) < 4.78 is 0. The van der Waals surface area contributed by atoms with E-state index in [1.54, 1.807) is 27.9 Å². The molecule has 0 aliphatic heterocycles. The van der Waals surface area contributed by atoms with Crippen LogP contribution >= 0.6 is 0 Å². The summed E-state index contributed by atoms with van der Waals surface area (Å²) in [6.07, 6.45) is 1.63. The van der Waals surface area contributed by atoms with Gasteiger partial charge in [0.05, 0.1) is 0 Å². The Kier molecular flexibility index (Phi) is 15.3. The molecule has 0 aliphatic carbocycles. The van der Waals surface area contributed by atoms with Gasteiger partial charge in [0.2, 0.25) is 23.6 Å². The molecule has 4 amide bonds. The Balaban J connectivity index is 6.25. The van der Waals surface area contributed by atoms with Crippen LogP contribution in [-0.2, 0) is 24.0 Å². The maximum atomic E-state index is 13.9. The lowest BCUT2D eigenvalue weighted by atomic mass is 9.95. The Morgan fingerprint density at radius 2 is 1.15 bits per heavy atom. The van der Waals surface area contributed by atoms with Crippen LogP contribution in [-0.4, -0.2) is 94.7 Å². The van der Waals surface area contributed by atoms with Crippen molar-refractivity contribution < 1.29 is 29.1 Å². The van der Waals surface area contributed by atoms with Gasteiger partial charge >= 0.3 is 5.97 Å². The molecular formula is C29H54N4O6. The number of carboxylic acids is 1. The van der Waals surface area contributed by atoms with Gasteiger partial charge in [0.25, 0.3) is 0 Å². The fraction of sp³-hybridized carbons (Fsp3) is 0.828. The normalized spacial score (nSPS) is 14.7. The zero-order valence-corrected chi connectivity index (χ0v) is 26.3. The third-order valence-electron chi connectivity index (χ3n) is 6.94. The topological polar surface area (TPSA) is 127 Å². The van der Waals surface area contributed by atoms with Crippen molar-refractivity contribution in [3.63, 3.8) is 0 Å². The average Bonchev–Trinajstić information content (AvgIpc) is 2.82. The van der Waals surface area contributed by atoms with E-state index in [4.69, 9.17) is 0 Å². The van der Waals surface area contributed by atoms with Gasteiger partial charge in [-0.05, 0) is 37.0 Å². The molecule has 39 heavy (non-hydrogen) atoms. The predicted molar refractivity (Wildman–Crippen MR) is 153 cm³/mol. The molecule has 0 spiro atoms. The number of carbonyl (C=O) groups excluding carboxylic acids is 4. The second kappa shape index (κ2) is 16.5. The van der Waals surface area contributed by atoms with Gasteiger partial charge in [-0.25, -0.2) is 4.79 Å². The van der Waals surface area contributed by atoms with Crippen molar-refractivity contribution in [2.75, 3.05) is 21.1 Å². The van der Waals surface area contributed by atoms with E-state index in [1.165, 1.54) is 21.7 Å². The molecule has 0 bridgehead atoms. The lowest BCUT2D eigenvalue weighted by Gasteiger charge is -2.39. The fourth-order valence-corrected chi connectivity index (χ4v) is 4.77. The monoisotopic (exact) mass is 554 g/mol. The molecule has 0 saturated heterocycles. The van der Waals surface area contributed by atoms with Crippen LogP contribution in [0.4, 0.5) is 0 Å². The van der Waals surface area contributed by atoms with Crippen LogP contribution < -0.4 is 5.32 Å². The smallest absolute Gasteiger partial charge is 0.326 e. The molecule has 0 heterocycles. The van der Waals surface area contributed by atoms with Gasteiger partial charge in [-0.3, -0.25) is 19.2 Å². The van der Waals surface area contributed by atoms with Crippen molar-refractivity contribution in [2.45, 2.75) is 112 Å². The van der Waals surface area contributed by atoms with E-state index < -0.39 is 42.0 Å². The van der Waals surface area contributed by atoms with E-state index in [1.807, 2.05) is 48.5 Å². The first kappa shape index (κ1) is 36.4. The van der Waals surface area contributed by atoms with E-state index in [2.05, 4.69) is 5.32 Å². The Bertz CT molecular complexity index is 842. The molecular weight excluding hydrogens is 500 g/mol. The van der Waals surface area contributed by atoms with Gasteiger partial charge in [-0.1, -0.05) is 68.7 Å². The van der Waals surface area contributed by atoms with Crippen LogP contribution in [0.2, 0.25) is 0 Å². The SMILES string of the molecule is CCCC(NC(=O)C(CC(C)C)N(C)C(=O)C(C(C)C)N(C)C(=O)C(CC(C)C)N(C)C(=O)C(C)C)C(=O)O.